The van der Waals surface area contributed by atoms with E-state index in [9.17, 15) is 18.0 Å². The normalized spacial score (nSPS) is 11.8. The van der Waals surface area contributed by atoms with E-state index in [1.165, 1.54) is 37.3 Å². The Balaban J connectivity index is 2.04. The van der Waals surface area contributed by atoms with E-state index < -0.39 is 28.5 Å². The number of unbranched alkanes of at least 4 members (excludes halogenated alkanes) is 1. The fourth-order valence-corrected chi connectivity index (χ4v) is 6.34. The van der Waals surface area contributed by atoms with Gasteiger partial charge in [0.1, 0.15) is 18.3 Å². The molecule has 0 radical (unpaired) electrons. The van der Waals surface area contributed by atoms with E-state index >= 15 is 0 Å². The van der Waals surface area contributed by atoms with E-state index in [2.05, 4.69) is 5.32 Å². The van der Waals surface area contributed by atoms with E-state index in [1.54, 1.807) is 24.3 Å². The molecule has 45 heavy (non-hydrogen) atoms. The Hall–Kier alpha value is -4.25. The summed E-state index contributed by atoms with van der Waals surface area (Å²) in [6, 6.07) is 19.7. The molecular weight excluding hydrogens is 594 g/mol. The zero-order valence-corrected chi connectivity index (χ0v) is 27.6. The smallest absolute Gasteiger partial charge is 0.264 e. The first kappa shape index (κ1) is 35.2. The van der Waals surface area contributed by atoms with Crippen LogP contribution in [0.5, 0.6) is 17.2 Å². The van der Waals surface area contributed by atoms with Crippen LogP contribution in [0.25, 0.3) is 0 Å². The lowest BCUT2D eigenvalue weighted by Gasteiger charge is -2.33. The molecular formula is C34H45N3O7S. The van der Waals surface area contributed by atoms with Gasteiger partial charge in [0.15, 0.2) is 11.5 Å². The summed E-state index contributed by atoms with van der Waals surface area (Å²) in [4.78, 5) is 29.0. The molecule has 3 rings (SSSR count). The molecule has 1 atom stereocenters. The molecule has 3 aromatic rings. The number of rotatable bonds is 18. The first-order valence-corrected chi connectivity index (χ1v) is 16.7. The van der Waals surface area contributed by atoms with Gasteiger partial charge < -0.3 is 24.4 Å². The molecule has 0 bridgehead atoms. The molecule has 3 aromatic carbocycles. The zero-order chi connectivity index (χ0) is 32.8. The quantitative estimate of drug-likeness (QED) is 0.194. The van der Waals surface area contributed by atoms with Gasteiger partial charge in [0.05, 0.1) is 31.4 Å². The van der Waals surface area contributed by atoms with Crippen LogP contribution < -0.4 is 23.8 Å². The molecule has 0 aliphatic carbocycles. The highest BCUT2D eigenvalue weighted by atomic mass is 32.2. The lowest BCUT2D eigenvalue weighted by Crippen LogP contribution is -2.53. The highest BCUT2D eigenvalue weighted by Gasteiger charge is 2.34. The van der Waals surface area contributed by atoms with Crippen molar-refractivity contribution in [2.45, 2.75) is 57.4 Å². The summed E-state index contributed by atoms with van der Waals surface area (Å²) in [6.45, 7) is 6.38. The van der Waals surface area contributed by atoms with Crippen LogP contribution in [-0.2, 0) is 26.0 Å². The van der Waals surface area contributed by atoms with E-state index in [4.69, 9.17) is 14.2 Å². The molecule has 0 saturated heterocycles. The van der Waals surface area contributed by atoms with Gasteiger partial charge in [-0.2, -0.15) is 0 Å². The third-order valence-electron chi connectivity index (χ3n) is 7.36. The van der Waals surface area contributed by atoms with Crippen LogP contribution in [0.3, 0.4) is 0 Å². The Morgan fingerprint density at radius 1 is 0.889 bits per heavy atom. The highest BCUT2D eigenvalue weighted by molar-refractivity contribution is 7.92. The predicted molar refractivity (Wildman–Crippen MR) is 176 cm³/mol. The number of methoxy groups -OCH3 is 2. The van der Waals surface area contributed by atoms with Crippen LogP contribution in [-0.4, -0.2) is 71.6 Å². The number of hydrogen-bond acceptors (Lipinski definition) is 7. The van der Waals surface area contributed by atoms with Gasteiger partial charge in [0.25, 0.3) is 10.0 Å². The van der Waals surface area contributed by atoms with Gasteiger partial charge >= 0.3 is 0 Å². The van der Waals surface area contributed by atoms with Crippen LogP contribution in [0.1, 0.15) is 45.6 Å². The monoisotopic (exact) mass is 639 g/mol. The zero-order valence-electron chi connectivity index (χ0n) is 26.8. The summed E-state index contributed by atoms with van der Waals surface area (Å²) >= 11 is 0. The van der Waals surface area contributed by atoms with Crippen molar-refractivity contribution < 1.29 is 32.2 Å². The number of benzene rings is 3. The molecule has 0 aliphatic heterocycles. The van der Waals surface area contributed by atoms with Gasteiger partial charge in [-0.15, -0.1) is 0 Å². The van der Waals surface area contributed by atoms with Crippen LogP contribution in [0.2, 0.25) is 0 Å². The minimum atomic E-state index is -4.29. The maximum Gasteiger partial charge on any atom is 0.264 e. The SMILES string of the molecule is CCCCNC(=O)[C@H](CC)N(CCc1ccccc1)C(=O)CN(c1ccc(OCC)cc1)S(=O)(=O)c1ccc(OC)c(OC)c1. The van der Waals surface area contributed by atoms with Gasteiger partial charge in [-0.25, -0.2) is 8.42 Å². The van der Waals surface area contributed by atoms with Crippen LogP contribution in [0.4, 0.5) is 5.69 Å². The maximum atomic E-state index is 14.2. The van der Waals surface area contributed by atoms with E-state index in [-0.39, 0.29) is 28.8 Å². The molecule has 11 heteroatoms. The summed E-state index contributed by atoms with van der Waals surface area (Å²) in [6.07, 6.45) is 2.59. The number of carbonyl (C=O) groups is 2. The molecule has 0 spiro atoms. The highest BCUT2D eigenvalue weighted by Crippen LogP contribution is 2.33. The Labute approximate surface area is 267 Å². The van der Waals surface area contributed by atoms with Crippen molar-refractivity contribution in [1.29, 1.82) is 0 Å². The standard InChI is InChI=1S/C34H45N3O7S/c1-6-9-22-35-34(39)30(7-2)36(23-21-26-13-11-10-12-14-26)33(38)25-37(27-15-17-28(18-16-27)44-8-3)45(40,41)29-19-20-31(42-4)32(24-29)43-5/h10-20,24,30H,6-9,21-23,25H2,1-5H3,(H,35,39)/t30-/m0/s1. The van der Waals surface area contributed by atoms with Gasteiger partial charge in [-0.05, 0) is 68.1 Å². The van der Waals surface area contributed by atoms with Crippen molar-refractivity contribution in [2.75, 3.05) is 44.8 Å². The number of anilines is 1. The minimum absolute atomic E-state index is 0.0815. The number of sulfonamides is 1. The molecule has 0 aliphatic rings. The lowest BCUT2D eigenvalue weighted by molar-refractivity contribution is -0.139. The van der Waals surface area contributed by atoms with Crippen molar-refractivity contribution in [3.8, 4) is 17.2 Å². The van der Waals surface area contributed by atoms with Crippen molar-refractivity contribution in [2.24, 2.45) is 0 Å². The number of carbonyl (C=O) groups excluding carboxylic acids is 2. The van der Waals surface area contributed by atoms with Crippen molar-refractivity contribution in [3.63, 3.8) is 0 Å². The first-order chi connectivity index (χ1) is 21.7. The van der Waals surface area contributed by atoms with E-state index in [0.29, 0.717) is 37.5 Å². The summed E-state index contributed by atoms with van der Waals surface area (Å²) in [5.74, 6) is 0.405. The third kappa shape index (κ3) is 9.37. The van der Waals surface area contributed by atoms with E-state index in [0.717, 1.165) is 22.7 Å². The largest absolute Gasteiger partial charge is 0.494 e. The van der Waals surface area contributed by atoms with Crippen LogP contribution in [0.15, 0.2) is 77.7 Å². The number of nitrogens with one attached hydrogen (secondary N) is 1. The van der Waals surface area contributed by atoms with Gasteiger partial charge in [-0.1, -0.05) is 50.6 Å². The average Bonchev–Trinajstić information content (AvgIpc) is 3.06. The number of amides is 2. The first-order valence-electron chi connectivity index (χ1n) is 15.3. The molecule has 2 amide bonds. The van der Waals surface area contributed by atoms with Crippen molar-refractivity contribution >= 4 is 27.5 Å². The summed E-state index contributed by atoms with van der Waals surface area (Å²) in [5, 5.41) is 2.95. The Bertz CT molecular complexity index is 1480. The summed E-state index contributed by atoms with van der Waals surface area (Å²) < 4.78 is 45.8. The lowest BCUT2D eigenvalue weighted by atomic mass is 10.1. The predicted octanol–water partition coefficient (Wildman–Crippen LogP) is 5.06. The number of hydrogen-bond donors (Lipinski definition) is 1. The summed E-state index contributed by atoms with van der Waals surface area (Å²) in [5.41, 5.74) is 1.27. The Morgan fingerprint density at radius 2 is 1.58 bits per heavy atom. The molecule has 10 nitrogen and oxygen atoms in total. The fourth-order valence-electron chi connectivity index (χ4n) is 4.91. The maximum absolute atomic E-state index is 14.2. The molecule has 0 saturated carbocycles. The van der Waals surface area contributed by atoms with Gasteiger partial charge in [0, 0.05) is 19.2 Å². The number of nitrogens with zero attached hydrogens (tertiary/aromatic N) is 2. The van der Waals surface area contributed by atoms with Crippen molar-refractivity contribution in [1.82, 2.24) is 10.2 Å². The average molecular weight is 640 g/mol. The minimum Gasteiger partial charge on any atom is -0.494 e. The van der Waals surface area contributed by atoms with E-state index in [1.807, 2.05) is 51.1 Å². The van der Waals surface area contributed by atoms with Gasteiger partial charge in [-0.3, -0.25) is 13.9 Å². The molecule has 0 heterocycles. The third-order valence-corrected chi connectivity index (χ3v) is 9.13. The molecule has 0 aromatic heterocycles. The second-order valence-electron chi connectivity index (χ2n) is 10.3. The Morgan fingerprint density at radius 3 is 2.18 bits per heavy atom. The Kier molecular flexibility index (Phi) is 13.5. The van der Waals surface area contributed by atoms with Crippen molar-refractivity contribution in [3.05, 3.63) is 78.4 Å². The van der Waals surface area contributed by atoms with Gasteiger partial charge in [0.2, 0.25) is 11.8 Å². The molecule has 1 N–H and O–H groups in total. The molecule has 244 valence electrons. The fraction of sp³-hybridized carbons (Fsp3) is 0.412. The second-order valence-corrected chi connectivity index (χ2v) is 12.2. The molecule has 0 fully saturated rings. The topological polar surface area (TPSA) is 114 Å². The van der Waals surface area contributed by atoms with Crippen LogP contribution >= 0.6 is 0 Å². The summed E-state index contributed by atoms with van der Waals surface area (Å²) in [7, 11) is -1.41. The van der Waals surface area contributed by atoms with Crippen LogP contribution in [0, 0.1) is 0 Å². The number of ether oxygens (including phenoxy) is 3. The second kappa shape index (κ2) is 17.3. The molecule has 0 unspecified atom stereocenters.